The molecule has 3 heterocycles. The SMILES string of the molecule is Nc1nnc(-c2ccccn2)c(-c2c[nH]c3ccc(Cl)cc23)n1. The van der Waals surface area contributed by atoms with Crippen LogP contribution >= 0.6 is 11.6 Å². The average Bonchev–Trinajstić information content (AvgIpc) is 2.98. The summed E-state index contributed by atoms with van der Waals surface area (Å²) in [6.45, 7) is 0. The summed E-state index contributed by atoms with van der Waals surface area (Å²) in [4.78, 5) is 11.9. The number of pyridine rings is 1. The first-order valence-electron chi connectivity index (χ1n) is 6.91. The molecule has 0 spiro atoms. The maximum atomic E-state index is 6.12. The van der Waals surface area contributed by atoms with Crippen LogP contribution in [0.1, 0.15) is 0 Å². The van der Waals surface area contributed by atoms with Crippen LogP contribution in [0.15, 0.2) is 48.8 Å². The van der Waals surface area contributed by atoms with E-state index in [1.807, 2.05) is 42.6 Å². The lowest BCUT2D eigenvalue weighted by Gasteiger charge is -2.06. The molecule has 0 bridgehead atoms. The third-order valence-electron chi connectivity index (χ3n) is 3.51. The fraction of sp³-hybridized carbons (Fsp3) is 0. The molecule has 0 unspecified atom stereocenters. The van der Waals surface area contributed by atoms with Crippen molar-refractivity contribution in [3.05, 3.63) is 53.8 Å². The molecule has 4 aromatic rings. The predicted molar refractivity (Wildman–Crippen MR) is 89.8 cm³/mol. The summed E-state index contributed by atoms with van der Waals surface area (Å²) < 4.78 is 0. The largest absolute Gasteiger partial charge is 0.366 e. The first-order chi connectivity index (χ1) is 11.2. The van der Waals surface area contributed by atoms with Gasteiger partial charge in [0.25, 0.3) is 0 Å². The number of fused-ring (bicyclic) bond motifs is 1. The van der Waals surface area contributed by atoms with Crippen LogP contribution in [-0.2, 0) is 0 Å². The number of H-pyrrole nitrogens is 1. The molecule has 0 saturated carbocycles. The molecular weight excluding hydrogens is 312 g/mol. The van der Waals surface area contributed by atoms with Crippen molar-refractivity contribution in [1.29, 1.82) is 0 Å². The Morgan fingerprint density at radius 1 is 1.04 bits per heavy atom. The Morgan fingerprint density at radius 2 is 1.96 bits per heavy atom. The zero-order valence-electron chi connectivity index (χ0n) is 11.9. The second-order valence-electron chi connectivity index (χ2n) is 4.97. The molecule has 112 valence electrons. The van der Waals surface area contributed by atoms with E-state index in [1.54, 1.807) is 6.20 Å². The summed E-state index contributed by atoms with van der Waals surface area (Å²) in [6.07, 6.45) is 3.56. The van der Waals surface area contributed by atoms with Crippen molar-refractivity contribution >= 4 is 28.5 Å². The first-order valence-corrected chi connectivity index (χ1v) is 7.29. The van der Waals surface area contributed by atoms with Crippen LogP contribution in [-0.4, -0.2) is 25.1 Å². The zero-order chi connectivity index (χ0) is 15.8. The van der Waals surface area contributed by atoms with E-state index in [0.29, 0.717) is 22.1 Å². The van der Waals surface area contributed by atoms with Crippen LogP contribution in [0.4, 0.5) is 5.95 Å². The number of anilines is 1. The van der Waals surface area contributed by atoms with E-state index < -0.39 is 0 Å². The lowest BCUT2D eigenvalue weighted by atomic mass is 10.1. The fourth-order valence-corrected chi connectivity index (χ4v) is 2.66. The Hall–Kier alpha value is -2.99. The maximum absolute atomic E-state index is 6.12. The molecule has 3 N–H and O–H groups in total. The lowest BCUT2D eigenvalue weighted by molar-refractivity contribution is 0.991. The van der Waals surface area contributed by atoms with Crippen LogP contribution in [0.5, 0.6) is 0 Å². The highest BCUT2D eigenvalue weighted by atomic mass is 35.5. The fourth-order valence-electron chi connectivity index (χ4n) is 2.49. The summed E-state index contributed by atoms with van der Waals surface area (Å²) >= 11 is 6.12. The molecule has 0 aliphatic rings. The number of hydrogen-bond acceptors (Lipinski definition) is 5. The normalized spacial score (nSPS) is 11.0. The lowest BCUT2D eigenvalue weighted by Crippen LogP contribution is -2.02. The quantitative estimate of drug-likeness (QED) is 0.590. The molecular formula is C16H11ClN6. The Labute approximate surface area is 136 Å². The van der Waals surface area contributed by atoms with Gasteiger partial charge in [-0.3, -0.25) is 4.98 Å². The Kier molecular flexibility index (Phi) is 3.17. The molecule has 6 nitrogen and oxygen atoms in total. The summed E-state index contributed by atoms with van der Waals surface area (Å²) in [5.41, 5.74) is 9.41. The minimum Gasteiger partial charge on any atom is -0.366 e. The highest BCUT2D eigenvalue weighted by Crippen LogP contribution is 2.34. The monoisotopic (exact) mass is 322 g/mol. The molecule has 0 aliphatic carbocycles. The van der Waals surface area contributed by atoms with E-state index >= 15 is 0 Å². The van der Waals surface area contributed by atoms with Gasteiger partial charge in [0.15, 0.2) is 0 Å². The van der Waals surface area contributed by atoms with Crippen molar-refractivity contribution in [2.24, 2.45) is 0 Å². The molecule has 0 aliphatic heterocycles. The van der Waals surface area contributed by atoms with E-state index in [0.717, 1.165) is 16.5 Å². The van der Waals surface area contributed by atoms with Crippen molar-refractivity contribution in [2.45, 2.75) is 0 Å². The van der Waals surface area contributed by atoms with E-state index in [1.165, 1.54) is 0 Å². The average molecular weight is 323 g/mol. The van der Waals surface area contributed by atoms with Gasteiger partial charge in [-0.05, 0) is 30.3 Å². The van der Waals surface area contributed by atoms with E-state index in [9.17, 15) is 0 Å². The van der Waals surface area contributed by atoms with Gasteiger partial charge in [-0.1, -0.05) is 17.7 Å². The van der Waals surface area contributed by atoms with Gasteiger partial charge in [-0.2, -0.15) is 0 Å². The standard InChI is InChI=1S/C16H11ClN6/c17-9-4-5-12-10(7-9)11(8-20-12)14-15(22-23-16(18)21-14)13-3-1-2-6-19-13/h1-8,20H,(H2,18,21,23). The minimum atomic E-state index is 0.107. The van der Waals surface area contributed by atoms with Gasteiger partial charge in [-0.25, -0.2) is 4.98 Å². The van der Waals surface area contributed by atoms with Crippen LogP contribution in [0.3, 0.4) is 0 Å². The molecule has 0 saturated heterocycles. The van der Waals surface area contributed by atoms with Crippen molar-refractivity contribution in [3.63, 3.8) is 0 Å². The third kappa shape index (κ3) is 2.39. The van der Waals surface area contributed by atoms with Gasteiger partial charge in [-0.15, -0.1) is 10.2 Å². The summed E-state index contributed by atoms with van der Waals surface area (Å²) in [5, 5.41) is 9.64. The molecule has 0 amide bonds. The van der Waals surface area contributed by atoms with Crippen molar-refractivity contribution in [2.75, 3.05) is 5.73 Å². The number of nitrogen functional groups attached to an aromatic ring is 1. The van der Waals surface area contributed by atoms with Crippen molar-refractivity contribution < 1.29 is 0 Å². The van der Waals surface area contributed by atoms with Crippen molar-refractivity contribution in [3.8, 4) is 22.6 Å². The minimum absolute atomic E-state index is 0.107. The number of nitrogens with zero attached hydrogens (tertiary/aromatic N) is 4. The number of halogens is 1. The number of nitrogens with two attached hydrogens (primary N) is 1. The third-order valence-corrected chi connectivity index (χ3v) is 3.74. The van der Waals surface area contributed by atoms with Crippen LogP contribution < -0.4 is 5.73 Å². The smallest absolute Gasteiger partial charge is 0.240 e. The van der Waals surface area contributed by atoms with Gasteiger partial charge in [0.05, 0.1) is 5.69 Å². The number of hydrogen-bond donors (Lipinski definition) is 2. The van der Waals surface area contributed by atoms with E-state index in [2.05, 4.69) is 25.1 Å². The molecule has 23 heavy (non-hydrogen) atoms. The second kappa shape index (κ2) is 5.33. The molecule has 0 atom stereocenters. The highest BCUT2D eigenvalue weighted by Gasteiger charge is 2.17. The van der Waals surface area contributed by atoms with Gasteiger partial charge in [0.1, 0.15) is 11.4 Å². The van der Waals surface area contributed by atoms with Crippen LogP contribution in [0.25, 0.3) is 33.5 Å². The Bertz CT molecular complexity index is 996. The van der Waals surface area contributed by atoms with Crippen LogP contribution in [0.2, 0.25) is 5.02 Å². The van der Waals surface area contributed by atoms with Gasteiger partial charge < -0.3 is 10.7 Å². The zero-order valence-corrected chi connectivity index (χ0v) is 12.6. The molecule has 4 rings (SSSR count). The summed E-state index contributed by atoms with van der Waals surface area (Å²) in [5.74, 6) is 0.107. The summed E-state index contributed by atoms with van der Waals surface area (Å²) in [7, 11) is 0. The highest BCUT2D eigenvalue weighted by molar-refractivity contribution is 6.31. The van der Waals surface area contributed by atoms with E-state index in [-0.39, 0.29) is 5.95 Å². The van der Waals surface area contributed by atoms with Crippen molar-refractivity contribution in [1.82, 2.24) is 25.1 Å². The maximum Gasteiger partial charge on any atom is 0.240 e. The number of benzene rings is 1. The number of nitrogens with one attached hydrogen (secondary N) is 1. The predicted octanol–water partition coefficient (Wildman–Crippen LogP) is 3.32. The first kappa shape index (κ1) is 13.7. The van der Waals surface area contributed by atoms with Gasteiger partial charge >= 0.3 is 0 Å². The topological polar surface area (TPSA) is 93.4 Å². The summed E-state index contributed by atoms with van der Waals surface area (Å²) in [6, 6.07) is 11.2. The van der Waals surface area contributed by atoms with E-state index in [4.69, 9.17) is 17.3 Å². The number of aromatic nitrogens is 5. The Morgan fingerprint density at radius 3 is 2.78 bits per heavy atom. The Balaban J connectivity index is 2.01. The van der Waals surface area contributed by atoms with Gasteiger partial charge in [0, 0.05) is 33.9 Å². The molecule has 0 radical (unpaired) electrons. The van der Waals surface area contributed by atoms with Crippen LogP contribution in [0, 0.1) is 0 Å². The number of aromatic amines is 1. The molecule has 3 aromatic heterocycles. The molecule has 0 fully saturated rings. The van der Waals surface area contributed by atoms with Gasteiger partial charge in [0.2, 0.25) is 5.95 Å². The number of rotatable bonds is 2. The molecule has 7 heteroatoms. The molecule has 1 aromatic carbocycles. The second-order valence-corrected chi connectivity index (χ2v) is 5.41.